The second-order valence-corrected chi connectivity index (χ2v) is 4.55. The predicted molar refractivity (Wildman–Crippen MR) is 76.5 cm³/mol. The van der Waals surface area contributed by atoms with Crippen LogP contribution in [0.3, 0.4) is 0 Å². The maximum atomic E-state index is 13.5. The van der Waals surface area contributed by atoms with Crippen molar-refractivity contribution in [3.8, 4) is 0 Å². The molecular formula is C17H11FO2. The number of rotatable bonds is 1. The molecule has 0 radical (unpaired) electrons. The van der Waals surface area contributed by atoms with Crippen LogP contribution in [0.25, 0.3) is 17.7 Å². The zero-order valence-corrected chi connectivity index (χ0v) is 10.5. The van der Waals surface area contributed by atoms with Crippen LogP contribution in [0.2, 0.25) is 0 Å². The molecule has 0 atom stereocenters. The molecule has 0 aliphatic heterocycles. The molecule has 3 rings (SSSR count). The van der Waals surface area contributed by atoms with E-state index in [0.717, 1.165) is 22.8 Å². The van der Waals surface area contributed by atoms with Gasteiger partial charge in [-0.25, -0.2) is 9.18 Å². The van der Waals surface area contributed by atoms with Gasteiger partial charge in [0.25, 0.3) is 0 Å². The molecule has 20 heavy (non-hydrogen) atoms. The largest absolute Gasteiger partial charge is 0.478 e. The Balaban J connectivity index is 2.35. The van der Waals surface area contributed by atoms with Crippen LogP contribution in [0.15, 0.2) is 48.5 Å². The zero-order valence-electron chi connectivity index (χ0n) is 10.5. The van der Waals surface area contributed by atoms with Crippen molar-refractivity contribution in [3.05, 3.63) is 76.6 Å². The standard InChI is InChI=1S/C17H11FO2/c18-13-8-7-12-6-5-11-3-1-2-4-14(11)16(10-17(19)20)15(12)9-13/h1-10H,(H,19,20)/b16-10+. The Labute approximate surface area is 115 Å². The molecular weight excluding hydrogens is 255 g/mol. The lowest BCUT2D eigenvalue weighted by Crippen LogP contribution is -1.97. The van der Waals surface area contributed by atoms with Gasteiger partial charge in [0.05, 0.1) is 0 Å². The second kappa shape index (κ2) is 4.78. The third-order valence-corrected chi connectivity index (χ3v) is 3.27. The molecule has 0 spiro atoms. The van der Waals surface area contributed by atoms with E-state index >= 15 is 0 Å². The van der Waals surface area contributed by atoms with E-state index in [9.17, 15) is 9.18 Å². The summed E-state index contributed by atoms with van der Waals surface area (Å²) in [6.07, 6.45) is 4.91. The third-order valence-electron chi connectivity index (χ3n) is 3.27. The number of benzene rings is 2. The van der Waals surface area contributed by atoms with Gasteiger partial charge in [-0.1, -0.05) is 42.5 Å². The first-order valence-corrected chi connectivity index (χ1v) is 6.17. The topological polar surface area (TPSA) is 37.3 Å². The highest BCUT2D eigenvalue weighted by Crippen LogP contribution is 2.33. The second-order valence-electron chi connectivity index (χ2n) is 4.55. The van der Waals surface area contributed by atoms with Crippen molar-refractivity contribution in [2.45, 2.75) is 0 Å². The van der Waals surface area contributed by atoms with Crippen LogP contribution < -0.4 is 0 Å². The molecule has 3 heteroatoms. The van der Waals surface area contributed by atoms with Gasteiger partial charge < -0.3 is 5.11 Å². The molecule has 0 heterocycles. The lowest BCUT2D eigenvalue weighted by Gasteiger charge is -2.11. The quantitative estimate of drug-likeness (QED) is 0.680. The van der Waals surface area contributed by atoms with Crippen LogP contribution >= 0.6 is 0 Å². The van der Waals surface area contributed by atoms with Crippen molar-refractivity contribution in [2.24, 2.45) is 0 Å². The van der Waals surface area contributed by atoms with E-state index in [4.69, 9.17) is 5.11 Å². The van der Waals surface area contributed by atoms with Gasteiger partial charge in [0.2, 0.25) is 0 Å². The summed E-state index contributed by atoms with van der Waals surface area (Å²) < 4.78 is 13.5. The SMILES string of the molecule is O=C(O)/C=C1\c2ccccc2C=Cc2ccc(F)cc21. The van der Waals surface area contributed by atoms with Crippen molar-refractivity contribution in [1.29, 1.82) is 0 Å². The number of carboxylic acids is 1. The Bertz CT molecular complexity index is 757. The number of hydrogen-bond acceptors (Lipinski definition) is 1. The lowest BCUT2D eigenvalue weighted by molar-refractivity contribution is -0.131. The molecule has 2 aromatic rings. The average Bonchev–Trinajstić information content (AvgIpc) is 2.57. The highest BCUT2D eigenvalue weighted by molar-refractivity contribution is 6.00. The van der Waals surface area contributed by atoms with Crippen molar-refractivity contribution in [3.63, 3.8) is 0 Å². The summed E-state index contributed by atoms with van der Waals surface area (Å²) in [6.45, 7) is 0. The normalized spacial score (nSPS) is 14.6. The number of hydrogen-bond donors (Lipinski definition) is 1. The minimum absolute atomic E-state index is 0.382. The van der Waals surface area contributed by atoms with Crippen LogP contribution in [0.5, 0.6) is 0 Å². The highest BCUT2D eigenvalue weighted by atomic mass is 19.1. The van der Waals surface area contributed by atoms with Gasteiger partial charge >= 0.3 is 5.97 Å². The summed E-state index contributed by atoms with van der Waals surface area (Å²) in [6, 6.07) is 11.9. The molecule has 1 aliphatic carbocycles. The molecule has 1 aliphatic rings. The van der Waals surface area contributed by atoms with Crippen LogP contribution in [0, 0.1) is 5.82 Å². The molecule has 2 nitrogen and oxygen atoms in total. The number of carbonyl (C=O) groups is 1. The molecule has 0 unspecified atom stereocenters. The van der Waals surface area contributed by atoms with Crippen molar-refractivity contribution < 1.29 is 14.3 Å². The minimum atomic E-state index is -1.05. The first-order chi connectivity index (χ1) is 9.65. The Morgan fingerprint density at radius 2 is 1.70 bits per heavy atom. The molecule has 98 valence electrons. The average molecular weight is 266 g/mol. The van der Waals surface area contributed by atoms with E-state index in [2.05, 4.69) is 0 Å². The van der Waals surface area contributed by atoms with Crippen LogP contribution in [0.4, 0.5) is 4.39 Å². The Hall–Kier alpha value is -2.68. The zero-order chi connectivity index (χ0) is 14.1. The van der Waals surface area contributed by atoms with E-state index in [1.54, 1.807) is 6.07 Å². The summed E-state index contributed by atoms with van der Waals surface area (Å²) >= 11 is 0. The van der Waals surface area contributed by atoms with Gasteiger partial charge in [-0.2, -0.15) is 0 Å². The predicted octanol–water partition coefficient (Wildman–Crippen LogP) is 3.83. The van der Waals surface area contributed by atoms with Gasteiger partial charge in [0, 0.05) is 6.08 Å². The summed E-state index contributed by atoms with van der Waals surface area (Å²) in [5.74, 6) is -1.43. The molecule has 1 N–H and O–H groups in total. The summed E-state index contributed by atoms with van der Waals surface area (Å²) in [7, 11) is 0. The summed E-state index contributed by atoms with van der Waals surface area (Å²) in [5.41, 5.74) is 3.61. The first kappa shape index (κ1) is 12.4. The number of halogens is 1. The number of carboxylic acid groups (broad SMARTS) is 1. The fourth-order valence-corrected chi connectivity index (χ4v) is 2.40. The number of aliphatic carboxylic acids is 1. The molecule has 0 saturated carbocycles. The Morgan fingerprint density at radius 3 is 2.45 bits per heavy atom. The van der Waals surface area contributed by atoms with Crippen molar-refractivity contribution in [1.82, 2.24) is 0 Å². The minimum Gasteiger partial charge on any atom is -0.478 e. The fourth-order valence-electron chi connectivity index (χ4n) is 2.40. The molecule has 0 fully saturated rings. The van der Waals surface area contributed by atoms with Gasteiger partial charge in [-0.3, -0.25) is 0 Å². The van der Waals surface area contributed by atoms with Crippen molar-refractivity contribution in [2.75, 3.05) is 0 Å². The lowest BCUT2D eigenvalue weighted by atomic mass is 9.93. The van der Waals surface area contributed by atoms with Gasteiger partial charge in [0.15, 0.2) is 0 Å². The Kier molecular flexibility index (Phi) is 2.95. The van der Waals surface area contributed by atoms with Crippen LogP contribution in [-0.2, 0) is 4.79 Å². The van der Waals surface area contributed by atoms with E-state index in [0.29, 0.717) is 11.1 Å². The maximum Gasteiger partial charge on any atom is 0.328 e. The van der Waals surface area contributed by atoms with Gasteiger partial charge in [-0.15, -0.1) is 0 Å². The van der Waals surface area contributed by atoms with E-state index < -0.39 is 5.97 Å². The summed E-state index contributed by atoms with van der Waals surface area (Å²) in [5, 5.41) is 9.09. The van der Waals surface area contributed by atoms with Gasteiger partial charge in [0.1, 0.15) is 5.82 Å². The van der Waals surface area contributed by atoms with E-state index in [-0.39, 0.29) is 5.82 Å². The first-order valence-electron chi connectivity index (χ1n) is 6.17. The van der Waals surface area contributed by atoms with Gasteiger partial charge in [-0.05, 0) is 40.0 Å². The summed E-state index contributed by atoms with van der Waals surface area (Å²) in [4.78, 5) is 11.1. The van der Waals surface area contributed by atoms with Crippen LogP contribution in [-0.4, -0.2) is 11.1 Å². The smallest absolute Gasteiger partial charge is 0.328 e. The molecule has 0 aromatic heterocycles. The molecule has 0 saturated heterocycles. The van der Waals surface area contributed by atoms with Crippen molar-refractivity contribution >= 4 is 23.7 Å². The van der Waals surface area contributed by atoms with Crippen LogP contribution in [0.1, 0.15) is 22.3 Å². The third kappa shape index (κ3) is 2.14. The van der Waals surface area contributed by atoms with E-state index in [1.165, 1.54) is 12.1 Å². The fraction of sp³-hybridized carbons (Fsp3) is 0. The maximum absolute atomic E-state index is 13.5. The highest BCUT2D eigenvalue weighted by Gasteiger charge is 2.16. The number of fused-ring (bicyclic) bond motifs is 2. The van der Waals surface area contributed by atoms with E-state index in [1.807, 2.05) is 36.4 Å². The Morgan fingerprint density at radius 1 is 1.00 bits per heavy atom. The monoisotopic (exact) mass is 266 g/mol. The molecule has 2 aromatic carbocycles. The molecule has 0 bridgehead atoms. The molecule has 0 amide bonds.